The first-order valence-electron chi connectivity index (χ1n) is 7.61. The average Bonchev–Trinajstić information content (AvgIpc) is 3.23. The van der Waals surface area contributed by atoms with Crippen LogP contribution in [0.3, 0.4) is 0 Å². The first-order chi connectivity index (χ1) is 11.7. The van der Waals surface area contributed by atoms with Gasteiger partial charge < -0.3 is 11.1 Å². The molecule has 3 heterocycles. The summed E-state index contributed by atoms with van der Waals surface area (Å²) in [6.07, 6.45) is 3.51. The van der Waals surface area contributed by atoms with Gasteiger partial charge in [-0.15, -0.1) is 0 Å². The van der Waals surface area contributed by atoms with Crippen LogP contribution in [-0.4, -0.2) is 25.0 Å². The summed E-state index contributed by atoms with van der Waals surface area (Å²) in [5.74, 6) is 0.483. The zero-order valence-electron chi connectivity index (χ0n) is 13.2. The Hall–Kier alpha value is -3.35. The van der Waals surface area contributed by atoms with Crippen LogP contribution in [0.2, 0.25) is 0 Å². The predicted molar refractivity (Wildman–Crippen MR) is 94.3 cm³/mol. The number of fused-ring (bicyclic) bond motifs is 1. The van der Waals surface area contributed by atoms with Crippen molar-refractivity contribution in [1.82, 2.24) is 25.0 Å². The van der Waals surface area contributed by atoms with Crippen LogP contribution in [0.15, 0.2) is 48.8 Å². The third-order valence-corrected chi connectivity index (χ3v) is 4.02. The van der Waals surface area contributed by atoms with Crippen molar-refractivity contribution in [2.45, 2.75) is 6.54 Å². The molecule has 0 spiro atoms. The number of hydrogen-bond acceptors (Lipinski definition) is 5. The number of pyridine rings is 1. The molecule has 0 aliphatic carbocycles. The number of nitrogens with two attached hydrogens (primary N) is 1. The van der Waals surface area contributed by atoms with Gasteiger partial charge in [0.15, 0.2) is 0 Å². The minimum absolute atomic E-state index is 0.483. The number of aryl methyl sites for hydroxylation is 1. The van der Waals surface area contributed by atoms with E-state index in [0.29, 0.717) is 12.4 Å². The monoisotopic (exact) mass is 319 g/mol. The second-order valence-electron chi connectivity index (χ2n) is 5.60. The Morgan fingerprint density at radius 2 is 2.08 bits per heavy atom. The zero-order valence-corrected chi connectivity index (χ0v) is 13.2. The number of anilines is 2. The molecule has 3 aromatic heterocycles. The van der Waals surface area contributed by atoms with E-state index in [-0.39, 0.29) is 0 Å². The van der Waals surface area contributed by atoms with Gasteiger partial charge in [0.1, 0.15) is 5.82 Å². The summed E-state index contributed by atoms with van der Waals surface area (Å²) in [5.41, 5.74) is 10.8. The molecule has 4 rings (SSSR count). The maximum atomic E-state index is 5.98. The Balaban J connectivity index is 1.71. The van der Waals surface area contributed by atoms with Crippen molar-refractivity contribution < 1.29 is 0 Å². The summed E-state index contributed by atoms with van der Waals surface area (Å²) in [6, 6.07) is 11.9. The SMILES string of the molecule is Cn1nccc1CNc1cc(N)nc2cc(-c3ccn[nH]3)ccc12. The van der Waals surface area contributed by atoms with Crippen LogP contribution in [0, 0.1) is 0 Å². The summed E-state index contributed by atoms with van der Waals surface area (Å²) in [5, 5.41) is 15.6. The van der Waals surface area contributed by atoms with Gasteiger partial charge in [0, 0.05) is 42.1 Å². The van der Waals surface area contributed by atoms with Gasteiger partial charge in [-0.1, -0.05) is 12.1 Å². The highest BCUT2D eigenvalue weighted by molar-refractivity contribution is 5.95. The molecule has 4 aromatic rings. The third-order valence-electron chi connectivity index (χ3n) is 4.02. The number of hydrogen-bond donors (Lipinski definition) is 3. The van der Waals surface area contributed by atoms with E-state index in [1.54, 1.807) is 12.4 Å². The molecule has 0 bridgehead atoms. The molecule has 0 fully saturated rings. The molecule has 7 nitrogen and oxygen atoms in total. The highest BCUT2D eigenvalue weighted by atomic mass is 15.3. The molecule has 0 unspecified atom stereocenters. The van der Waals surface area contributed by atoms with Crippen LogP contribution in [0.25, 0.3) is 22.2 Å². The number of aromatic amines is 1. The van der Waals surface area contributed by atoms with Gasteiger partial charge in [-0.05, 0) is 18.2 Å². The maximum Gasteiger partial charge on any atom is 0.126 e. The molecular weight excluding hydrogens is 302 g/mol. The Kier molecular flexibility index (Phi) is 3.38. The lowest BCUT2D eigenvalue weighted by Crippen LogP contribution is -2.06. The summed E-state index contributed by atoms with van der Waals surface area (Å²) >= 11 is 0. The molecule has 24 heavy (non-hydrogen) atoms. The van der Waals surface area contributed by atoms with Crippen LogP contribution in [0.5, 0.6) is 0 Å². The van der Waals surface area contributed by atoms with Crippen molar-refractivity contribution in [2.75, 3.05) is 11.1 Å². The van der Waals surface area contributed by atoms with E-state index < -0.39 is 0 Å². The van der Waals surface area contributed by atoms with E-state index in [4.69, 9.17) is 5.73 Å². The van der Waals surface area contributed by atoms with Crippen molar-refractivity contribution in [2.24, 2.45) is 7.05 Å². The van der Waals surface area contributed by atoms with E-state index >= 15 is 0 Å². The second kappa shape index (κ2) is 5.69. The molecule has 0 atom stereocenters. The quantitative estimate of drug-likeness (QED) is 0.537. The van der Waals surface area contributed by atoms with E-state index in [1.165, 1.54) is 0 Å². The molecule has 0 aliphatic heterocycles. The van der Waals surface area contributed by atoms with Crippen LogP contribution in [-0.2, 0) is 13.6 Å². The van der Waals surface area contributed by atoms with Crippen LogP contribution in [0.4, 0.5) is 11.5 Å². The predicted octanol–water partition coefficient (Wildman–Crippen LogP) is 2.55. The standard InChI is InChI=1S/C17H17N7/c1-24-12(4-7-21-24)10-19-15-9-17(18)22-16-8-11(2-3-13(15)16)14-5-6-20-23-14/h2-9H,10H2,1H3,(H,20,23)(H3,18,19,22). The summed E-state index contributed by atoms with van der Waals surface area (Å²) in [4.78, 5) is 4.46. The third kappa shape index (κ3) is 2.56. The lowest BCUT2D eigenvalue weighted by molar-refractivity contribution is 0.720. The molecule has 0 saturated carbocycles. The van der Waals surface area contributed by atoms with Gasteiger partial charge in [0.05, 0.1) is 23.4 Å². The van der Waals surface area contributed by atoms with Crippen molar-refractivity contribution in [3.8, 4) is 11.3 Å². The smallest absolute Gasteiger partial charge is 0.126 e. The lowest BCUT2D eigenvalue weighted by Gasteiger charge is -2.11. The van der Waals surface area contributed by atoms with Gasteiger partial charge in [0.25, 0.3) is 0 Å². The van der Waals surface area contributed by atoms with Crippen LogP contribution in [0.1, 0.15) is 5.69 Å². The number of aromatic nitrogens is 5. The largest absolute Gasteiger partial charge is 0.384 e. The number of nitrogen functional groups attached to an aromatic ring is 1. The zero-order chi connectivity index (χ0) is 16.5. The van der Waals surface area contributed by atoms with Gasteiger partial charge in [0.2, 0.25) is 0 Å². The molecule has 7 heteroatoms. The Morgan fingerprint density at radius 1 is 1.17 bits per heavy atom. The number of rotatable bonds is 4. The van der Waals surface area contributed by atoms with Gasteiger partial charge in [-0.2, -0.15) is 10.2 Å². The highest BCUT2D eigenvalue weighted by Crippen LogP contribution is 2.28. The van der Waals surface area contributed by atoms with E-state index in [9.17, 15) is 0 Å². The first-order valence-corrected chi connectivity index (χ1v) is 7.61. The minimum atomic E-state index is 0.483. The van der Waals surface area contributed by atoms with Gasteiger partial charge in [-0.3, -0.25) is 9.78 Å². The molecule has 4 N–H and O–H groups in total. The Labute approximate surface area is 138 Å². The fourth-order valence-corrected chi connectivity index (χ4v) is 2.74. The molecule has 0 aliphatic rings. The average molecular weight is 319 g/mol. The second-order valence-corrected chi connectivity index (χ2v) is 5.60. The van der Waals surface area contributed by atoms with Crippen molar-refractivity contribution in [3.05, 3.63) is 54.5 Å². The topological polar surface area (TPSA) is 97.4 Å². The van der Waals surface area contributed by atoms with E-state index in [1.807, 2.05) is 48.1 Å². The number of benzene rings is 1. The van der Waals surface area contributed by atoms with E-state index in [0.717, 1.165) is 33.5 Å². The Bertz CT molecular complexity index is 986. The summed E-state index contributed by atoms with van der Waals surface area (Å²) in [7, 11) is 1.92. The summed E-state index contributed by atoms with van der Waals surface area (Å²) < 4.78 is 1.84. The minimum Gasteiger partial charge on any atom is -0.384 e. The van der Waals surface area contributed by atoms with Crippen LogP contribution >= 0.6 is 0 Å². The molecule has 0 radical (unpaired) electrons. The number of nitrogens with one attached hydrogen (secondary N) is 2. The molecule has 1 aromatic carbocycles. The number of nitrogens with zero attached hydrogens (tertiary/aromatic N) is 4. The fraction of sp³-hybridized carbons (Fsp3) is 0.118. The summed E-state index contributed by atoms with van der Waals surface area (Å²) in [6.45, 7) is 0.664. The molecule has 0 amide bonds. The highest BCUT2D eigenvalue weighted by Gasteiger charge is 2.08. The van der Waals surface area contributed by atoms with Crippen molar-refractivity contribution in [3.63, 3.8) is 0 Å². The normalized spacial score (nSPS) is 11.0. The maximum absolute atomic E-state index is 5.98. The van der Waals surface area contributed by atoms with Crippen molar-refractivity contribution in [1.29, 1.82) is 0 Å². The first kappa shape index (κ1) is 14.3. The fourth-order valence-electron chi connectivity index (χ4n) is 2.74. The van der Waals surface area contributed by atoms with Gasteiger partial charge in [-0.25, -0.2) is 4.98 Å². The molecular formula is C17H17N7. The molecule has 0 saturated heterocycles. The van der Waals surface area contributed by atoms with Crippen LogP contribution < -0.4 is 11.1 Å². The van der Waals surface area contributed by atoms with Crippen molar-refractivity contribution >= 4 is 22.4 Å². The number of H-pyrrole nitrogens is 1. The Morgan fingerprint density at radius 3 is 2.83 bits per heavy atom. The molecule has 120 valence electrons. The van der Waals surface area contributed by atoms with Gasteiger partial charge >= 0.3 is 0 Å². The lowest BCUT2D eigenvalue weighted by atomic mass is 10.1. The van der Waals surface area contributed by atoms with E-state index in [2.05, 4.69) is 25.6 Å².